The fourth-order valence-electron chi connectivity index (χ4n) is 4.08. The van der Waals surface area contributed by atoms with Crippen LogP contribution in [-0.2, 0) is 7.05 Å². The maximum absolute atomic E-state index is 9.76. The molecule has 0 radical (unpaired) electrons. The van der Waals surface area contributed by atoms with Crippen LogP contribution in [0.2, 0.25) is 0 Å². The smallest absolute Gasteiger partial charge is 0.216 e. The Labute approximate surface area is 169 Å². The molecule has 29 heavy (non-hydrogen) atoms. The Morgan fingerprint density at radius 3 is 2.41 bits per heavy atom. The maximum Gasteiger partial charge on any atom is 0.216 e. The average Bonchev–Trinajstić information content (AvgIpc) is 3.14. The molecule has 138 valence electrons. The van der Waals surface area contributed by atoms with Gasteiger partial charge in [-0.15, -0.1) is 0 Å². The summed E-state index contributed by atoms with van der Waals surface area (Å²) < 4.78 is 8.63. The van der Waals surface area contributed by atoms with E-state index >= 15 is 0 Å². The Balaban J connectivity index is 1.95. The number of rotatable bonds is 2. The molecule has 0 N–H and O–H groups in total. The number of furan rings is 1. The van der Waals surface area contributed by atoms with Crippen molar-refractivity contribution in [3.05, 3.63) is 90.1 Å². The van der Waals surface area contributed by atoms with Crippen LogP contribution >= 0.6 is 0 Å². The van der Waals surface area contributed by atoms with Gasteiger partial charge < -0.3 is 4.42 Å². The van der Waals surface area contributed by atoms with Crippen LogP contribution in [0.4, 0.5) is 0 Å². The fraction of sp³-hybridized carbons (Fsp3) is 0.0769. The van der Waals surface area contributed by atoms with Gasteiger partial charge in [0.05, 0.1) is 17.2 Å². The molecule has 0 bridgehead atoms. The van der Waals surface area contributed by atoms with E-state index in [1.165, 1.54) is 0 Å². The van der Waals surface area contributed by atoms with Crippen LogP contribution in [-0.4, -0.2) is 0 Å². The first-order valence-electron chi connectivity index (χ1n) is 9.58. The number of aromatic nitrogens is 1. The summed E-state index contributed by atoms with van der Waals surface area (Å²) in [5, 5.41) is 11.6. The minimum absolute atomic E-state index is 0.630. The average molecular weight is 375 g/mol. The van der Waals surface area contributed by atoms with Gasteiger partial charge in [-0.1, -0.05) is 42.5 Å². The zero-order valence-electron chi connectivity index (χ0n) is 16.3. The number of pyridine rings is 1. The summed E-state index contributed by atoms with van der Waals surface area (Å²) >= 11 is 0. The molecule has 2 aromatic heterocycles. The van der Waals surface area contributed by atoms with E-state index in [0.717, 1.165) is 49.9 Å². The molecule has 3 aromatic carbocycles. The van der Waals surface area contributed by atoms with Crippen molar-refractivity contribution in [2.45, 2.75) is 6.92 Å². The van der Waals surface area contributed by atoms with E-state index in [2.05, 4.69) is 47.9 Å². The van der Waals surface area contributed by atoms with Gasteiger partial charge in [0.2, 0.25) is 5.69 Å². The van der Waals surface area contributed by atoms with E-state index in [4.69, 9.17) is 4.42 Å². The number of hydrogen-bond donors (Lipinski definition) is 0. The third-order valence-corrected chi connectivity index (χ3v) is 5.51. The molecule has 0 aliphatic rings. The third kappa shape index (κ3) is 2.61. The number of hydrogen-bond acceptors (Lipinski definition) is 2. The Hall–Kier alpha value is -3.90. The fourth-order valence-corrected chi connectivity index (χ4v) is 4.08. The van der Waals surface area contributed by atoms with Gasteiger partial charge in [0.15, 0.2) is 6.20 Å². The first-order valence-corrected chi connectivity index (χ1v) is 9.58. The summed E-state index contributed by atoms with van der Waals surface area (Å²) in [5.41, 5.74) is 7.56. The molecule has 0 atom stereocenters. The molecule has 0 aliphatic heterocycles. The van der Waals surface area contributed by atoms with Crippen molar-refractivity contribution in [1.29, 1.82) is 5.26 Å². The zero-order valence-corrected chi connectivity index (χ0v) is 16.3. The number of fused-ring (bicyclic) bond motifs is 3. The van der Waals surface area contributed by atoms with Gasteiger partial charge in [-0.25, -0.2) is 4.57 Å². The second-order valence-corrected chi connectivity index (χ2v) is 7.28. The van der Waals surface area contributed by atoms with Crippen LogP contribution in [0.3, 0.4) is 0 Å². The highest BCUT2D eigenvalue weighted by Gasteiger charge is 2.22. The second kappa shape index (κ2) is 6.61. The lowest BCUT2D eigenvalue weighted by molar-refractivity contribution is -0.660. The predicted octanol–water partition coefficient (Wildman–Crippen LogP) is 5.92. The SMILES string of the molecule is Cc1ccc2c(oc3c(-c4ccccc4)ccc(C#N)c32)c1-c1cccc[n+]1C. The van der Waals surface area contributed by atoms with E-state index in [9.17, 15) is 5.26 Å². The lowest BCUT2D eigenvalue weighted by atomic mass is 9.96. The molecule has 0 amide bonds. The quantitative estimate of drug-likeness (QED) is 0.359. The van der Waals surface area contributed by atoms with Crippen molar-refractivity contribution in [1.82, 2.24) is 0 Å². The van der Waals surface area contributed by atoms with Gasteiger partial charge in [-0.2, -0.15) is 5.26 Å². The van der Waals surface area contributed by atoms with E-state index in [1.54, 1.807) is 0 Å². The van der Waals surface area contributed by atoms with Crippen molar-refractivity contribution in [3.63, 3.8) is 0 Å². The maximum atomic E-state index is 9.76. The first-order chi connectivity index (χ1) is 14.2. The Bertz CT molecular complexity index is 1420. The molecule has 3 heteroatoms. The summed E-state index contributed by atoms with van der Waals surface area (Å²) in [6.45, 7) is 2.10. The summed E-state index contributed by atoms with van der Waals surface area (Å²) in [6.07, 6.45) is 2.03. The van der Waals surface area contributed by atoms with Gasteiger partial charge in [-0.3, -0.25) is 0 Å². The number of nitrogens with zero attached hydrogens (tertiary/aromatic N) is 2. The lowest BCUT2D eigenvalue weighted by Gasteiger charge is -2.05. The topological polar surface area (TPSA) is 40.8 Å². The molecular weight excluding hydrogens is 356 g/mol. The summed E-state index contributed by atoms with van der Waals surface area (Å²) in [4.78, 5) is 0. The number of aryl methyl sites for hydroxylation is 2. The normalized spacial score (nSPS) is 11.1. The van der Waals surface area contributed by atoms with Crippen molar-refractivity contribution >= 4 is 21.9 Å². The van der Waals surface area contributed by atoms with Gasteiger partial charge in [0.25, 0.3) is 0 Å². The van der Waals surface area contributed by atoms with Crippen molar-refractivity contribution in [3.8, 4) is 28.5 Å². The summed E-state index contributed by atoms with van der Waals surface area (Å²) in [5.74, 6) is 0. The van der Waals surface area contributed by atoms with Gasteiger partial charge in [0, 0.05) is 28.5 Å². The molecule has 3 nitrogen and oxygen atoms in total. The van der Waals surface area contributed by atoms with Crippen LogP contribution in [0.1, 0.15) is 11.1 Å². The molecule has 2 heterocycles. The second-order valence-electron chi connectivity index (χ2n) is 7.28. The highest BCUT2D eigenvalue weighted by molar-refractivity contribution is 6.15. The van der Waals surface area contributed by atoms with Gasteiger partial charge in [0.1, 0.15) is 18.2 Å². The molecule has 0 unspecified atom stereocenters. The van der Waals surface area contributed by atoms with Crippen LogP contribution < -0.4 is 4.57 Å². The highest BCUT2D eigenvalue weighted by Crippen LogP contribution is 2.41. The minimum Gasteiger partial charge on any atom is -0.454 e. The Morgan fingerprint density at radius 1 is 0.862 bits per heavy atom. The molecule has 0 saturated carbocycles. The van der Waals surface area contributed by atoms with Crippen LogP contribution in [0, 0.1) is 18.3 Å². The van der Waals surface area contributed by atoms with E-state index < -0.39 is 0 Å². The van der Waals surface area contributed by atoms with Crippen molar-refractivity contribution in [2.75, 3.05) is 0 Å². The van der Waals surface area contributed by atoms with Crippen LogP contribution in [0.25, 0.3) is 44.3 Å². The Kier molecular flexibility index (Phi) is 3.93. The third-order valence-electron chi connectivity index (χ3n) is 5.51. The number of nitriles is 1. The van der Waals surface area contributed by atoms with E-state index in [0.29, 0.717) is 5.56 Å². The first kappa shape index (κ1) is 17.2. The van der Waals surface area contributed by atoms with E-state index in [-0.39, 0.29) is 0 Å². The largest absolute Gasteiger partial charge is 0.454 e. The summed E-state index contributed by atoms with van der Waals surface area (Å²) in [7, 11) is 2.03. The molecule has 0 fully saturated rings. The standard InChI is InChI=1S/C26H19N2O/c1-17-11-13-21-24-19(16-27)12-14-20(18-8-4-3-5-9-18)25(24)29-26(21)23(17)22-10-6-7-15-28(22)2/h3-15H,1-2H3/q+1. The molecule has 0 saturated heterocycles. The van der Waals surface area contributed by atoms with E-state index in [1.807, 2.05) is 55.7 Å². The van der Waals surface area contributed by atoms with Gasteiger partial charge in [-0.05, 0) is 36.2 Å². The van der Waals surface area contributed by atoms with Crippen LogP contribution in [0.15, 0.2) is 83.4 Å². The lowest BCUT2D eigenvalue weighted by Crippen LogP contribution is -2.30. The Morgan fingerprint density at radius 2 is 1.66 bits per heavy atom. The van der Waals surface area contributed by atoms with Crippen molar-refractivity contribution in [2.24, 2.45) is 7.05 Å². The molecular formula is C26H19N2O+. The van der Waals surface area contributed by atoms with Crippen molar-refractivity contribution < 1.29 is 8.98 Å². The summed E-state index contributed by atoms with van der Waals surface area (Å²) in [6, 6.07) is 26.7. The zero-order chi connectivity index (χ0) is 20.0. The predicted molar refractivity (Wildman–Crippen MR) is 115 cm³/mol. The van der Waals surface area contributed by atoms with Gasteiger partial charge >= 0.3 is 0 Å². The monoisotopic (exact) mass is 375 g/mol. The van der Waals surface area contributed by atoms with Crippen LogP contribution in [0.5, 0.6) is 0 Å². The molecule has 0 aliphatic carbocycles. The molecule has 0 spiro atoms. The number of benzene rings is 3. The molecule has 5 rings (SSSR count). The minimum atomic E-state index is 0.630. The molecule has 5 aromatic rings. The highest BCUT2D eigenvalue weighted by atomic mass is 16.3.